The second kappa shape index (κ2) is 5.05. The Kier molecular flexibility index (Phi) is 3.47. The zero-order valence-electron chi connectivity index (χ0n) is 10.7. The fraction of sp³-hybridized carbons (Fsp3) is 0.188. The maximum Gasteiger partial charge on any atom is 0.193 e. The van der Waals surface area contributed by atoms with Gasteiger partial charge in [0.15, 0.2) is 5.78 Å². The number of aryl methyl sites for hydroxylation is 2. The summed E-state index contributed by atoms with van der Waals surface area (Å²) in [7, 11) is 0. The second-order valence-corrected chi connectivity index (χ2v) is 4.51. The van der Waals surface area contributed by atoms with Crippen molar-refractivity contribution in [3.05, 3.63) is 64.7 Å². The van der Waals surface area contributed by atoms with E-state index in [0.717, 1.165) is 12.0 Å². The highest BCUT2D eigenvalue weighted by Crippen LogP contribution is 2.16. The van der Waals surface area contributed by atoms with Gasteiger partial charge in [-0.25, -0.2) is 0 Å². The average molecular weight is 239 g/mol. The molecule has 0 saturated carbocycles. The lowest BCUT2D eigenvalue weighted by Gasteiger charge is -2.05. The van der Waals surface area contributed by atoms with Crippen LogP contribution in [0.1, 0.15) is 34.0 Å². The summed E-state index contributed by atoms with van der Waals surface area (Å²) >= 11 is 0. The van der Waals surface area contributed by atoms with Gasteiger partial charge in [0.05, 0.1) is 0 Å². The van der Waals surface area contributed by atoms with E-state index >= 15 is 0 Å². The van der Waals surface area contributed by atoms with E-state index < -0.39 is 0 Å². The number of anilines is 1. The Morgan fingerprint density at radius 3 is 2.28 bits per heavy atom. The van der Waals surface area contributed by atoms with E-state index in [1.807, 2.05) is 43.3 Å². The SMILES string of the molecule is CCc1ccc(C(=O)c2cc(C)cc(N)c2)cc1. The molecule has 2 nitrogen and oxygen atoms in total. The molecule has 2 rings (SSSR count). The molecule has 0 radical (unpaired) electrons. The van der Waals surface area contributed by atoms with E-state index in [0.29, 0.717) is 16.8 Å². The number of nitrogens with two attached hydrogens (primary N) is 1. The first-order valence-corrected chi connectivity index (χ1v) is 6.11. The molecule has 0 fully saturated rings. The van der Waals surface area contributed by atoms with Crippen molar-refractivity contribution < 1.29 is 4.79 Å². The summed E-state index contributed by atoms with van der Waals surface area (Å²) in [6.45, 7) is 4.03. The summed E-state index contributed by atoms with van der Waals surface area (Å²) in [4.78, 5) is 12.3. The lowest BCUT2D eigenvalue weighted by Crippen LogP contribution is -2.03. The lowest BCUT2D eigenvalue weighted by molar-refractivity contribution is 0.103. The molecule has 0 unspecified atom stereocenters. The Bertz CT molecular complexity index is 550. The van der Waals surface area contributed by atoms with E-state index in [-0.39, 0.29) is 5.78 Å². The number of ketones is 1. The number of rotatable bonds is 3. The first-order chi connectivity index (χ1) is 8.60. The van der Waals surface area contributed by atoms with Crippen LogP contribution in [0.15, 0.2) is 42.5 Å². The van der Waals surface area contributed by atoms with Crippen LogP contribution >= 0.6 is 0 Å². The van der Waals surface area contributed by atoms with Crippen LogP contribution in [0, 0.1) is 6.92 Å². The molecule has 0 aliphatic heterocycles. The van der Waals surface area contributed by atoms with Gasteiger partial charge in [-0.2, -0.15) is 0 Å². The van der Waals surface area contributed by atoms with Crippen molar-refractivity contribution in [2.45, 2.75) is 20.3 Å². The van der Waals surface area contributed by atoms with Gasteiger partial charge in [0.25, 0.3) is 0 Å². The van der Waals surface area contributed by atoms with Crippen molar-refractivity contribution >= 4 is 11.5 Å². The normalized spacial score (nSPS) is 10.3. The third-order valence-electron chi connectivity index (χ3n) is 2.99. The summed E-state index contributed by atoms with van der Waals surface area (Å²) in [6, 6.07) is 13.2. The third-order valence-corrected chi connectivity index (χ3v) is 2.99. The van der Waals surface area contributed by atoms with E-state index in [9.17, 15) is 4.79 Å². The van der Waals surface area contributed by atoms with Gasteiger partial charge in [0.1, 0.15) is 0 Å². The molecule has 0 heterocycles. The topological polar surface area (TPSA) is 43.1 Å². The molecule has 2 aromatic carbocycles. The van der Waals surface area contributed by atoms with Crippen LogP contribution in [0.2, 0.25) is 0 Å². The maximum atomic E-state index is 12.3. The van der Waals surface area contributed by atoms with E-state index in [1.54, 1.807) is 6.07 Å². The molecule has 2 aromatic rings. The van der Waals surface area contributed by atoms with Gasteiger partial charge >= 0.3 is 0 Å². The minimum absolute atomic E-state index is 0.0213. The van der Waals surface area contributed by atoms with Crippen LogP contribution < -0.4 is 5.73 Å². The second-order valence-electron chi connectivity index (χ2n) is 4.51. The first-order valence-electron chi connectivity index (χ1n) is 6.11. The summed E-state index contributed by atoms with van der Waals surface area (Å²) in [6.07, 6.45) is 0.978. The highest BCUT2D eigenvalue weighted by molar-refractivity contribution is 6.09. The molecule has 92 valence electrons. The minimum Gasteiger partial charge on any atom is -0.399 e. The number of benzene rings is 2. The fourth-order valence-electron chi connectivity index (χ4n) is 2.00. The molecular weight excluding hydrogens is 222 g/mol. The smallest absolute Gasteiger partial charge is 0.193 e. The number of nitrogen functional groups attached to an aromatic ring is 1. The summed E-state index contributed by atoms with van der Waals surface area (Å²) in [5.41, 5.74) is 9.99. The summed E-state index contributed by atoms with van der Waals surface area (Å²) in [5.74, 6) is 0.0213. The highest BCUT2D eigenvalue weighted by atomic mass is 16.1. The van der Waals surface area contributed by atoms with Crippen molar-refractivity contribution in [2.75, 3.05) is 5.73 Å². The van der Waals surface area contributed by atoms with Crippen molar-refractivity contribution in [1.29, 1.82) is 0 Å². The Hall–Kier alpha value is -2.09. The first kappa shape index (κ1) is 12.4. The van der Waals surface area contributed by atoms with Crippen molar-refractivity contribution in [3.8, 4) is 0 Å². The Morgan fingerprint density at radius 1 is 1.06 bits per heavy atom. The van der Waals surface area contributed by atoms with Gasteiger partial charge in [-0.15, -0.1) is 0 Å². The summed E-state index contributed by atoms with van der Waals surface area (Å²) < 4.78 is 0. The van der Waals surface area contributed by atoms with Gasteiger partial charge in [0.2, 0.25) is 0 Å². The number of hydrogen-bond acceptors (Lipinski definition) is 2. The fourth-order valence-corrected chi connectivity index (χ4v) is 2.00. The molecule has 0 spiro atoms. The average Bonchev–Trinajstić information content (AvgIpc) is 2.37. The van der Waals surface area contributed by atoms with Crippen LogP contribution in [0.3, 0.4) is 0 Å². The Labute approximate surface area is 107 Å². The predicted octanol–water partition coefficient (Wildman–Crippen LogP) is 3.37. The highest BCUT2D eigenvalue weighted by Gasteiger charge is 2.09. The molecular formula is C16H17NO. The molecule has 2 heteroatoms. The third kappa shape index (κ3) is 2.59. The van der Waals surface area contributed by atoms with E-state index in [4.69, 9.17) is 5.73 Å². The van der Waals surface area contributed by atoms with Gasteiger partial charge in [-0.1, -0.05) is 31.2 Å². The van der Waals surface area contributed by atoms with Crippen LogP contribution in [0.25, 0.3) is 0 Å². The lowest BCUT2D eigenvalue weighted by atomic mass is 9.99. The maximum absolute atomic E-state index is 12.3. The molecule has 0 aliphatic carbocycles. The van der Waals surface area contributed by atoms with E-state index in [2.05, 4.69) is 6.92 Å². The number of carbonyl (C=O) groups excluding carboxylic acids is 1. The Morgan fingerprint density at radius 2 is 1.72 bits per heavy atom. The molecule has 0 atom stereocenters. The monoisotopic (exact) mass is 239 g/mol. The molecule has 18 heavy (non-hydrogen) atoms. The minimum atomic E-state index is 0.0213. The molecule has 0 saturated heterocycles. The molecule has 2 N–H and O–H groups in total. The van der Waals surface area contributed by atoms with Gasteiger partial charge in [-0.05, 0) is 42.7 Å². The van der Waals surface area contributed by atoms with Gasteiger partial charge in [0, 0.05) is 16.8 Å². The van der Waals surface area contributed by atoms with E-state index in [1.165, 1.54) is 5.56 Å². The van der Waals surface area contributed by atoms with Crippen molar-refractivity contribution in [3.63, 3.8) is 0 Å². The van der Waals surface area contributed by atoms with Gasteiger partial charge in [-0.3, -0.25) is 4.79 Å². The molecule has 0 bridgehead atoms. The standard InChI is InChI=1S/C16H17NO/c1-3-12-4-6-13(7-5-12)16(18)14-8-11(2)9-15(17)10-14/h4-10H,3,17H2,1-2H3. The molecule has 0 amide bonds. The van der Waals surface area contributed by atoms with Crippen LogP contribution in [-0.2, 0) is 6.42 Å². The molecule has 0 aliphatic rings. The van der Waals surface area contributed by atoms with Crippen LogP contribution in [0.5, 0.6) is 0 Å². The summed E-state index contributed by atoms with van der Waals surface area (Å²) in [5, 5.41) is 0. The van der Waals surface area contributed by atoms with Crippen molar-refractivity contribution in [1.82, 2.24) is 0 Å². The van der Waals surface area contributed by atoms with Crippen LogP contribution in [-0.4, -0.2) is 5.78 Å². The Balaban J connectivity index is 2.34. The predicted molar refractivity (Wildman–Crippen MR) is 74.8 cm³/mol. The largest absolute Gasteiger partial charge is 0.399 e. The zero-order chi connectivity index (χ0) is 13.1. The van der Waals surface area contributed by atoms with Crippen molar-refractivity contribution in [2.24, 2.45) is 0 Å². The number of carbonyl (C=O) groups is 1. The molecule has 0 aromatic heterocycles. The quantitative estimate of drug-likeness (QED) is 0.659. The van der Waals surface area contributed by atoms with Gasteiger partial charge < -0.3 is 5.73 Å². The number of hydrogen-bond donors (Lipinski definition) is 1. The zero-order valence-corrected chi connectivity index (χ0v) is 10.7. The van der Waals surface area contributed by atoms with Crippen LogP contribution in [0.4, 0.5) is 5.69 Å².